The van der Waals surface area contributed by atoms with Gasteiger partial charge in [-0.05, 0) is 6.42 Å². The SMILES string of the molecule is CCCOC(=O)[C@@](C)(C(OC)=[N+](S(=O)(=O)C(F)(F)F)S(=O)(=O)C(F)(F)F)n1cc[n+](C)c1. The Morgan fingerprint density at radius 1 is 1.06 bits per heavy atom. The molecule has 18 heteroatoms. The maximum atomic E-state index is 13.2. The lowest BCUT2D eigenvalue weighted by molar-refractivity contribution is -0.671. The number of halogens is 6. The number of methoxy groups -OCH3 is 1. The number of carbonyl (C=O) groups excluding carboxylic acids is 1. The summed E-state index contributed by atoms with van der Waals surface area (Å²) in [6, 6.07) is 0. The van der Waals surface area contributed by atoms with Crippen molar-refractivity contribution in [1.82, 2.24) is 4.57 Å². The second kappa shape index (κ2) is 8.87. The van der Waals surface area contributed by atoms with Crippen molar-refractivity contribution in [3.05, 3.63) is 18.7 Å². The molecule has 0 amide bonds. The molecular formula is C14H19F6N3O7S2+2. The Labute approximate surface area is 178 Å². The first-order chi connectivity index (χ1) is 14.3. The van der Waals surface area contributed by atoms with Crippen LogP contribution < -0.4 is 4.57 Å². The number of carbonyl (C=O) groups is 1. The van der Waals surface area contributed by atoms with E-state index in [1.54, 1.807) is 0 Å². The number of hydrogen-bond donors (Lipinski definition) is 0. The first-order valence-electron chi connectivity index (χ1n) is 8.35. The molecule has 1 heterocycles. The molecule has 0 bridgehead atoms. The fourth-order valence-corrected chi connectivity index (χ4v) is 5.20. The van der Waals surface area contributed by atoms with Gasteiger partial charge in [0.15, 0.2) is 0 Å². The van der Waals surface area contributed by atoms with Crippen molar-refractivity contribution in [2.45, 2.75) is 36.8 Å². The Hall–Kier alpha value is -2.37. The summed E-state index contributed by atoms with van der Waals surface area (Å²) in [7, 11) is -12.8. The van der Waals surface area contributed by atoms with Gasteiger partial charge in [0, 0.05) is 6.92 Å². The van der Waals surface area contributed by atoms with Gasteiger partial charge in [-0.2, -0.15) is 43.2 Å². The number of ether oxygens (including phenoxy) is 2. The van der Waals surface area contributed by atoms with Gasteiger partial charge in [-0.15, -0.1) is 0 Å². The number of nitrogens with zero attached hydrogens (tertiary/aromatic N) is 3. The van der Waals surface area contributed by atoms with Crippen molar-refractivity contribution in [2.24, 2.45) is 7.05 Å². The van der Waals surface area contributed by atoms with Gasteiger partial charge in [-0.3, -0.25) is 0 Å². The van der Waals surface area contributed by atoms with Crippen LogP contribution in [0.4, 0.5) is 26.3 Å². The molecule has 184 valence electrons. The molecule has 0 saturated carbocycles. The summed E-state index contributed by atoms with van der Waals surface area (Å²) in [6.07, 6.45) is 3.24. The topological polar surface area (TPSA) is 116 Å². The van der Waals surface area contributed by atoms with Crippen LogP contribution in [0.2, 0.25) is 0 Å². The summed E-state index contributed by atoms with van der Waals surface area (Å²) in [5.41, 5.74) is -16.0. The first-order valence-corrected chi connectivity index (χ1v) is 11.2. The molecule has 0 aliphatic heterocycles. The van der Waals surface area contributed by atoms with Crippen LogP contribution in [0.25, 0.3) is 0 Å². The third-order valence-corrected chi connectivity index (χ3v) is 7.47. The Kier molecular flexibility index (Phi) is 7.67. The van der Waals surface area contributed by atoms with Gasteiger partial charge in [-0.25, -0.2) is 13.9 Å². The summed E-state index contributed by atoms with van der Waals surface area (Å²) >= 11 is 0. The molecule has 0 aliphatic carbocycles. The number of esters is 1. The summed E-state index contributed by atoms with van der Waals surface area (Å²) in [5, 5.41) is 0. The lowest BCUT2D eigenvalue weighted by Gasteiger charge is -2.22. The van der Waals surface area contributed by atoms with E-state index < -0.39 is 51.9 Å². The second-order valence-corrected chi connectivity index (χ2v) is 10.1. The lowest BCUT2D eigenvalue weighted by atomic mass is 10.0. The molecule has 0 unspecified atom stereocenters. The van der Waals surface area contributed by atoms with Gasteiger partial charge in [-0.1, -0.05) is 6.92 Å². The molecule has 1 aromatic rings. The van der Waals surface area contributed by atoms with Crippen LogP contribution in [0, 0.1) is 0 Å². The van der Waals surface area contributed by atoms with Gasteiger partial charge >= 0.3 is 48.5 Å². The number of aromatic nitrogens is 2. The second-order valence-electron chi connectivity index (χ2n) is 6.30. The number of alkyl halides is 6. The van der Waals surface area contributed by atoms with Crippen molar-refractivity contribution in [2.75, 3.05) is 13.7 Å². The predicted molar refractivity (Wildman–Crippen MR) is 92.7 cm³/mol. The number of aryl methyl sites for hydroxylation is 1. The predicted octanol–water partition coefficient (Wildman–Crippen LogP) is 0.738. The lowest BCUT2D eigenvalue weighted by Crippen LogP contribution is -2.56. The van der Waals surface area contributed by atoms with E-state index in [1.807, 2.05) is 0 Å². The molecule has 0 saturated heterocycles. The van der Waals surface area contributed by atoms with Crippen LogP contribution >= 0.6 is 0 Å². The molecule has 0 N–H and O–H groups in total. The van der Waals surface area contributed by atoms with Crippen molar-refractivity contribution in [1.29, 1.82) is 0 Å². The molecule has 1 rings (SSSR count). The monoisotopic (exact) mass is 519 g/mol. The average molecular weight is 519 g/mol. The van der Waals surface area contributed by atoms with Crippen molar-refractivity contribution in [3.63, 3.8) is 0 Å². The third kappa shape index (κ3) is 4.69. The fraction of sp³-hybridized carbons (Fsp3) is 0.643. The molecule has 1 atom stereocenters. The van der Waals surface area contributed by atoms with Gasteiger partial charge in [0.2, 0.25) is 6.33 Å². The van der Waals surface area contributed by atoms with Gasteiger partial charge in [0.1, 0.15) is 12.4 Å². The Morgan fingerprint density at radius 2 is 1.53 bits per heavy atom. The fourth-order valence-electron chi connectivity index (χ4n) is 2.34. The zero-order valence-electron chi connectivity index (χ0n) is 16.9. The highest BCUT2D eigenvalue weighted by Crippen LogP contribution is 2.35. The Morgan fingerprint density at radius 3 is 1.84 bits per heavy atom. The molecular weight excluding hydrogens is 500 g/mol. The van der Waals surface area contributed by atoms with E-state index >= 15 is 0 Å². The maximum Gasteiger partial charge on any atom is 0.561 e. The number of imidazole rings is 1. The van der Waals surface area contributed by atoms with E-state index in [2.05, 4.69) is 4.74 Å². The molecule has 1 aromatic heterocycles. The Balaban J connectivity index is 4.31. The molecule has 0 aliphatic rings. The highest BCUT2D eigenvalue weighted by molar-refractivity contribution is 7.98. The molecule has 0 radical (unpaired) electrons. The zero-order chi connectivity index (χ0) is 25.3. The van der Waals surface area contributed by atoms with Crippen LogP contribution in [0.5, 0.6) is 0 Å². The van der Waals surface area contributed by atoms with Crippen LogP contribution in [0.15, 0.2) is 18.7 Å². The minimum absolute atomic E-state index is 0.162. The van der Waals surface area contributed by atoms with Crippen LogP contribution in [0.1, 0.15) is 20.3 Å². The van der Waals surface area contributed by atoms with E-state index in [0.717, 1.165) is 12.5 Å². The zero-order valence-corrected chi connectivity index (χ0v) is 18.6. The van der Waals surface area contributed by atoms with E-state index in [-0.39, 0.29) is 13.0 Å². The van der Waals surface area contributed by atoms with Crippen LogP contribution in [-0.2, 0) is 46.9 Å². The summed E-state index contributed by atoms with van der Waals surface area (Å²) in [6.45, 7) is 1.77. The molecule has 32 heavy (non-hydrogen) atoms. The highest BCUT2D eigenvalue weighted by Gasteiger charge is 2.72. The largest absolute Gasteiger partial charge is 0.561 e. The normalized spacial score (nSPS) is 15.1. The van der Waals surface area contributed by atoms with Crippen molar-refractivity contribution < 1.29 is 65.4 Å². The quantitative estimate of drug-likeness (QED) is 0.172. The van der Waals surface area contributed by atoms with Gasteiger partial charge in [0.25, 0.3) is 0 Å². The molecule has 0 spiro atoms. The molecule has 0 fully saturated rings. The smallest absolute Gasteiger partial charge is 0.462 e. The third-order valence-electron chi connectivity index (χ3n) is 3.92. The number of rotatable bonds is 7. The van der Waals surface area contributed by atoms with E-state index in [4.69, 9.17) is 4.74 Å². The molecule has 0 aromatic carbocycles. The van der Waals surface area contributed by atoms with Crippen LogP contribution in [0.3, 0.4) is 0 Å². The maximum absolute atomic E-state index is 13.2. The summed E-state index contributed by atoms with van der Waals surface area (Å²) in [5.74, 6) is -3.63. The average Bonchev–Trinajstić information content (AvgIpc) is 3.07. The van der Waals surface area contributed by atoms with Gasteiger partial charge < -0.3 is 9.47 Å². The standard InChI is InChI=1S/C14H19F6N3O7S2/c1-5-8-30-11(24)12(2,22-7-6-21(3)9-22)10(29-4)23(31(25,26)13(15,16)17)32(27,28)14(18,19)20/h6-7,9H,5,8H2,1-4H3/q+2/t12-/m1/s1. The Bertz CT molecular complexity index is 1060. The van der Waals surface area contributed by atoms with Crippen molar-refractivity contribution >= 4 is 31.9 Å². The van der Waals surface area contributed by atoms with Crippen LogP contribution in [-0.4, -0.2) is 61.4 Å². The summed E-state index contributed by atoms with van der Waals surface area (Å²) in [4.78, 5) is 12.8. The van der Waals surface area contributed by atoms with E-state index in [0.29, 0.717) is 18.6 Å². The minimum Gasteiger partial charge on any atom is -0.462 e. The molecule has 10 nitrogen and oxygen atoms in total. The first kappa shape index (κ1) is 27.7. The van der Waals surface area contributed by atoms with E-state index in [9.17, 15) is 48.0 Å². The summed E-state index contributed by atoms with van der Waals surface area (Å²) < 4.78 is 137. The number of sulfonamides is 2. The minimum atomic E-state index is -7.29. The number of hydrogen-bond acceptors (Lipinski definition) is 7. The van der Waals surface area contributed by atoms with E-state index in [1.165, 1.54) is 24.7 Å². The highest BCUT2D eigenvalue weighted by atomic mass is 32.3. The van der Waals surface area contributed by atoms with Gasteiger partial charge in [0.05, 0.1) is 24.2 Å². The van der Waals surface area contributed by atoms with Crippen molar-refractivity contribution in [3.8, 4) is 0 Å².